The predicted molar refractivity (Wildman–Crippen MR) is 403 cm³/mol. The van der Waals surface area contributed by atoms with E-state index in [2.05, 4.69) is 138 Å². The lowest BCUT2D eigenvalue weighted by Gasteiger charge is -2.60. The lowest BCUT2D eigenvalue weighted by atomic mass is 9.45. The molecule has 0 aromatic heterocycles. The Morgan fingerprint density at radius 1 is 0.207 bits per heavy atom. The van der Waals surface area contributed by atoms with Gasteiger partial charge in [-0.25, -0.2) is 0 Å². The molecule has 0 aromatic carbocycles. The molecule has 0 saturated heterocycles. The second-order valence-corrected chi connectivity index (χ2v) is 43.3. The zero-order chi connectivity index (χ0) is 66.1. The highest BCUT2D eigenvalue weighted by molar-refractivity contribution is 5.12. The molecule has 0 nitrogen and oxygen atoms in total. The molecule has 16 bridgehead atoms. The SMILES string of the molecule is CC12CC3CC(C1)CC(C)(C3)C2.CC1C2CC3CC1CC(C)(C3)C2.CC1CC(C)C1.CC1CC1C.CC1CC2CC1C1C3CC(CC3C)C21.CC1CC2CC1CC2C.CC1CC2CCC1CC2C.CC1CCC(C)C1.CC1CCC(C)CC1.CC1CCCC(C)CC1. The molecule has 0 spiro atoms. The normalized spacial score (nSPS) is 54.1. The first-order chi connectivity index (χ1) is 43.5. The first-order valence-electron chi connectivity index (χ1n) is 43.5. The minimum atomic E-state index is 0.763. The van der Waals surface area contributed by atoms with Crippen LogP contribution >= 0.6 is 0 Å². The Hall–Kier alpha value is 0. The average Bonchev–Trinajstić information content (AvgIpc) is 1.33. The maximum Gasteiger partial charge on any atom is -0.0315 e. The summed E-state index contributed by atoms with van der Waals surface area (Å²) in [5, 5.41) is 0. The third-order valence-corrected chi connectivity index (χ3v) is 33.5. The Balaban J connectivity index is 0.000000113. The van der Waals surface area contributed by atoms with Gasteiger partial charge in [0.05, 0.1) is 0 Å². The van der Waals surface area contributed by atoms with E-state index in [0.717, 1.165) is 182 Å². The minimum Gasteiger partial charge on any atom is -0.0625 e. The van der Waals surface area contributed by atoms with Crippen molar-refractivity contribution in [2.24, 2.45) is 206 Å². The molecule has 92 heavy (non-hydrogen) atoms. The molecule has 22 aliphatic carbocycles. The fourth-order valence-electron chi connectivity index (χ4n) is 28.5. The van der Waals surface area contributed by atoms with Gasteiger partial charge in [0.2, 0.25) is 0 Å². The Kier molecular flexibility index (Phi) is 26.2. The van der Waals surface area contributed by atoms with Crippen molar-refractivity contribution < 1.29 is 0 Å². The van der Waals surface area contributed by atoms with E-state index in [4.69, 9.17) is 0 Å². The van der Waals surface area contributed by atoms with Gasteiger partial charge in [0, 0.05) is 0 Å². The highest BCUT2D eigenvalue weighted by atomic mass is 14.7. The van der Waals surface area contributed by atoms with Crippen molar-refractivity contribution >= 4 is 0 Å². The summed E-state index contributed by atoms with van der Waals surface area (Å²) in [4.78, 5) is 0. The van der Waals surface area contributed by atoms with Crippen LogP contribution in [0.5, 0.6) is 0 Å². The van der Waals surface area contributed by atoms with Crippen LogP contribution in [0.3, 0.4) is 0 Å². The van der Waals surface area contributed by atoms with E-state index >= 15 is 0 Å². The smallest absolute Gasteiger partial charge is 0.0315 e. The van der Waals surface area contributed by atoms with E-state index in [-0.39, 0.29) is 0 Å². The summed E-state index contributed by atoms with van der Waals surface area (Å²) in [6.45, 7) is 48.4. The quantitative estimate of drug-likeness (QED) is 0.168. The Morgan fingerprint density at radius 2 is 0.543 bits per heavy atom. The van der Waals surface area contributed by atoms with E-state index in [1.807, 2.05) is 0 Å². The summed E-state index contributed by atoms with van der Waals surface area (Å²) < 4.78 is 0. The molecule has 0 amide bonds. The van der Waals surface area contributed by atoms with Crippen LogP contribution in [0.15, 0.2) is 0 Å². The summed E-state index contributed by atoms with van der Waals surface area (Å²) in [5.74, 6) is 34.8. The first kappa shape index (κ1) is 74.7. The lowest BCUT2D eigenvalue weighted by Crippen LogP contribution is -2.49. The van der Waals surface area contributed by atoms with Crippen LogP contribution in [-0.4, -0.2) is 0 Å². The van der Waals surface area contributed by atoms with Crippen LogP contribution in [0.25, 0.3) is 0 Å². The Bertz CT molecular complexity index is 2020. The number of hydrogen-bond donors (Lipinski definition) is 0. The number of fused-ring (bicyclic) bond motifs is 14. The van der Waals surface area contributed by atoms with Crippen molar-refractivity contribution in [2.75, 3.05) is 0 Å². The first-order valence-corrected chi connectivity index (χ1v) is 43.5. The molecule has 22 aliphatic rings. The van der Waals surface area contributed by atoms with Gasteiger partial charge < -0.3 is 0 Å². The third kappa shape index (κ3) is 19.7. The van der Waals surface area contributed by atoms with Crippen molar-refractivity contribution in [3.8, 4) is 0 Å². The monoisotopic (exact) mass is 1270 g/mol. The van der Waals surface area contributed by atoms with Gasteiger partial charge in [-0.15, -0.1) is 0 Å². The van der Waals surface area contributed by atoms with Crippen LogP contribution < -0.4 is 0 Å². The molecular formula is C92H166. The van der Waals surface area contributed by atoms with Crippen LogP contribution in [0, 0.1) is 206 Å². The van der Waals surface area contributed by atoms with E-state index < -0.39 is 0 Å². The number of rotatable bonds is 0. The predicted octanol–water partition coefficient (Wildman–Crippen LogP) is 28.6. The van der Waals surface area contributed by atoms with Crippen molar-refractivity contribution in [3.63, 3.8) is 0 Å². The fraction of sp³-hybridized carbons (Fsp3) is 1.00. The van der Waals surface area contributed by atoms with Crippen molar-refractivity contribution in [2.45, 2.75) is 376 Å². The molecular weight excluding hydrogens is 1110 g/mol. The maximum absolute atomic E-state index is 2.55. The minimum absolute atomic E-state index is 0.763. The van der Waals surface area contributed by atoms with E-state index in [1.54, 1.807) is 96.3 Å². The van der Waals surface area contributed by atoms with Crippen LogP contribution in [0.2, 0.25) is 0 Å². The second kappa shape index (κ2) is 32.3. The highest BCUT2D eigenvalue weighted by Gasteiger charge is 2.63. The van der Waals surface area contributed by atoms with Crippen molar-refractivity contribution in [1.82, 2.24) is 0 Å². The lowest BCUT2D eigenvalue weighted by molar-refractivity contribution is -0.0920. The summed E-state index contributed by atoms with van der Waals surface area (Å²) in [7, 11) is 0. The molecule has 22 unspecified atom stereocenters. The van der Waals surface area contributed by atoms with Gasteiger partial charge in [0.1, 0.15) is 0 Å². The average molecular weight is 1270 g/mol. The molecule has 0 radical (unpaired) electrons. The van der Waals surface area contributed by atoms with Crippen molar-refractivity contribution in [1.29, 1.82) is 0 Å². The largest absolute Gasteiger partial charge is 0.0625 e. The number of hydrogen-bond acceptors (Lipinski definition) is 0. The molecule has 0 N–H and O–H groups in total. The van der Waals surface area contributed by atoms with E-state index in [9.17, 15) is 0 Å². The van der Waals surface area contributed by atoms with Gasteiger partial charge in [-0.2, -0.15) is 0 Å². The standard InChI is InChI=1S/C14H22.2C12H20.C10H18.C9H16.C9H18.C8H16.C7H14.C6H12.C5H10/c1-7-3-9-5-11(7)14-12-6-10(13(9)14)4-8(12)2;1-11-4-9-3-10(5-11)7-12(2,6-9)8-11;1-8-10-3-9-4-11(8)7-12(2,5-9)6-10;1-7-5-10-4-3-9(7)6-8(10)2;1-6-3-9-5-8(6)4-7(9)2;1-8-4-3-5-9(2)7-6-8;1-7-3-5-8(2)6-4-7;1-6-3-4-7(2)5-6;1-5-3-6(2)4-5;1-4-3-5(4)2/h7-14H,3-6H2,1-2H3;9-10H,3-8H2,1-2H3;8-11H,3-7H2,1-2H3;7-10H,3-6H2,1-2H3;6-9H,3-5H2,1-2H3;8-9H,3-7H2,1-2H3;7-8H,3-6H2,1-2H3;6-7H,3-5H2,1-2H3;5-6H,3-4H2,1-2H3;4-5H,3H2,1-2H3. The molecule has 22 atom stereocenters. The summed E-state index contributed by atoms with van der Waals surface area (Å²) in [6, 6.07) is 0. The highest BCUT2D eigenvalue weighted by Crippen LogP contribution is 2.70. The van der Waals surface area contributed by atoms with Crippen LogP contribution in [0.4, 0.5) is 0 Å². The third-order valence-electron chi connectivity index (χ3n) is 33.5. The van der Waals surface area contributed by atoms with Crippen LogP contribution in [0.1, 0.15) is 376 Å². The summed E-state index contributed by atoms with van der Waals surface area (Å²) in [6.07, 6.45) is 56.4. The summed E-state index contributed by atoms with van der Waals surface area (Å²) >= 11 is 0. The van der Waals surface area contributed by atoms with E-state index in [1.165, 1.54) is 165 Å². The topological polar surface area (TPSA) is 0 Å². The van der Waals surface area contributed by atoms with Gasteiger partial charge in [0.25, 0.3) is 0 Å². The molecule has 22 fully saturated rings. The molecule has 22 saturated carbocycles. The summed E-state index contributed by atoms with van der Waals surface area (Å²) in [5.41, 5.74) is 2.31. The van der Waals surface area contributed by atoms with Crippen LogP contribution in [-0.2, 0) is 0 Å². The molecule has 0 aromatic rings. The van der Waals surface area contributed by atoms with Gasteiger partial charge in [-0.3, -0.25) is 0 Å². The second-order valence-electron chi connectivity index (χ2n) is 43.3. The van der Waals surface area contributed by atoms with Gasteiger partial charge in [0.15, 0.2) is 0 Å². The van der Waals surface area contributed by atoms with E-state index in [0.29, 0.717) is 0 Å². The molecule has 0 aliphatic heterocycles. The van der Waals surface area contributed by atoms with Gasteiger partial charge in [-0.05, 0) is 373 Å². The maximum atomic E-state index is 2.55. The van der Waals surface area contributed by atoms with Gasteiger partial charge >= 0.3 is 0 Å². The Labute approximate surface area is 578 Å². The molecule has 534 valence electrons. The van der Waals surface area contributed by atoms with Gasteiger partial charge in [-0.1, -0.05) is 209 Å². The molecule has 0 heterocycles. The zero-order valence-electron chi connectivity index (χ0n) is 66.1. The fourth-order valence-corrected chi connectivity index (χ4v) is 28.5. The Morgan fingerprint density at radius 3 is 0.837 bits per heavy atom. The molecule has 0 heteroatoms. The van der Waals surface area contributed by atoms with Crippen molar-refractivity contribution in [3.05, 3.63) is 0 Å². The molecule has 22 rings (SSSR count). The zero-order valence-corrected chi connectivity index (χ0v) is 66.1.